The molecule has 0 saturated heterocycles. The second-order valence-electron chi connectivity index (χ2n) is 5.21. The van der Waals surface area contributed by atoms with Gasteiger partial charge in [0.05, 0.1) is 13.0 Å². The molecular formula is C15H20BrNO4. The summed E-state index contributed by atoms with van der Waals surface area (Å²) in [4.78, 5) is 13.5. The SMILES string of the molecule is COC(=O)C(C)CN(C)Cc1cc2c(cc1Br)OCCO2. The fourth-order valence-electron chi connectivity index (χ4n) is 2.33. The average Bonchev–Trinajstić information content (AvgIpc) is 2.47. The maximum absolute atomic E-state index is 11.5. The van der Waals surface area contributed by atoms with Gasteiger partial charge in [0.15, 0.2) is 11.5 Å². The van der Waals surface area contributed by atoms with Crippen molar-refractivity contribution in [2.45, 2.75) is 13.5 Å². The Morgan fingerprint density at radius 2 is 2.00 bits per heavy atom. The number of carbonyl (C=O) groups excluding carboxylic acids is 1. The fourth-order valence-corrected chi connectivity index (χ4v) is 2.77. The summed E-state index contributed by atoms with van der Waals surface area (Å²) in [5.74, 6) is 1.19. The molecule has 0 fully saturated rings. The van der Waals surface area contributed by atoms with Crippen LogP contribution in [0.3, 0.4) is 0 Å². The number of rotatable bonds is 5. The zero-order valence-corrected chi connectivity index (χ0v) is 14.1. The Kier molecular flexibility index (Phi) is 5.47. The molecule has 0 amide bonds. The topological polar surface area (TPSA) is 48.0 Å². The van der Waals surface area contributed by atoms with Crippen LogP contribution in [-0.2, 0) is 16.1 Å². The van der Waals surface area contributed by atoms with Crippen molar-refractivity contribution in [1.29, 1.82) is 0 Å². The number of carbonyl (C=O) groups is 1. The van der Waals surface area contributed by atoms with E-state index in [0.29, 0.717) is 26.3 Å². The predicted molar refractivity (Wildman–Crippen MR) is 82.6 cm³/mol. The maximum Gasteiger partial charge on any atom is 0.309 e. The fraction of sp³-hybridized carbons (Fsp3) is 0.533. The van der Waals surface area contributed by atoms with Crippen LogP contribution in [0.25, 0.3) is 0 Å². The van der Waals surface area contributed by atoms with Crippen molar-refractivity contribution >= 4 is 21.9 Å². The molecule has 1 atom stereocenters. The second kappa shape index (κ2) is 7.13. The first-order chi connectivity index (χ1) is 10.0. The molecule has 1 aliphatic rings. The van der Waals surface area contributed by atoms with Crippen LogP contribution in [0, 0.1) is 5.92 Å². The lowest BCUT2D eigenvalue weighted by atomic mass is 10.1. The van der Waals surface area contributed by atoms with Crippen LogP contribution in [0.2, 0.25) is 0 Å². The number of hydrogen-bond acceptors (Lipinski definition) is 5. The van der Waals surface area contributed by atoms with Crippen molar-refractivity contribution in [3.05, 3.63) is 22.2 Å². The lowest BCUT2D eigenvalue weighted by Crippen LogP contribution is -2.29. The molecule has 0 aromatic heterocycles. The number of benzene rings is 1. The normalized spacial score (nSPS) is 14.9. The first kappa shape index (κ1) is 16.1. The van der Waals surface area contributed by atoms with Crippen LogP contribution in [0.1, 0.15) is 12.5 Å². The van der Waals surface area contributed by atoms with Gasteiger partial charge in [-0.25, -0.2) is 0 Å². The number of hydrogen-bond donors (Lipinski definition) is 0. The largest absolute Gasteiger partial charge is 0.486 e. The molecule has 21 heavy (non-hydrogen) atoms. The van der Waals surface area contributed by atoms with Crippen molar-refractivity contribution in [2.24, 2.45) is 5.92 Å². The van der Waals surface area contributed by atoms with Crippen molar-refractivity contribution in [3.8, 4) is 11.5 Å². The second-order valence-corrected chi connectivity index (χ2v) is 6.06. The van der Waals surface area contributed by atoms with E-state index >= 15 is 0 Å². The first-order valence-corrected chi connectivity index (χ1v) is 7.65. The Bertz CT molecular complexity index is 521. The number of nitrogens with zero attached hydrogens (tertiary/aromatic N) is 1. The molecule has 5 nitrogen and oxygen atoms in total. The Hall–Kier alpha value is -1.27. The van der Waals surface area contributed by atoms with Crippen LogP contribution in [0.5, 0.6) is 11.5 Å². The molecule has 2 rings (SSSR count). The summed E-state index contributed by atoms with van der Waals surface area (Å²) in [6, 6.07) is 3.92. The van der Waals surface area contributed by atoms with Gasteiger partial charge in [-0.05, 0) is 24.7 Å². The molecule has 1 unspecified atom stereocenters. The van der Waals surface area contributed by atoms with Gasteiger partial charge in [0.25, 0.3) is 0 Å². The average molecular weight is 358 g/mol. The lowest BCUT2D eigenvalue weighted by molar-refractivity contribution is -0.145. The van der Waals surface area contributed by atoms with Crippen LogP contribution < -0.4 is 9.47 Å². The Morgan fingerprint density at radius 3 is 2.62 bits per heavy atom. The van der Waals surface area contributed by atoms with Crippen LogP contribution in [0.4, 0.5) is 0 Å². The van der Waals surface area contributed by atoms with Gasteiger partial charge in [-0.1, -0.05) is 22.9 Å². The van der Waals surface area contributed by atoms with Crippen molar-refractivity contribution in [3.63, 3.8) is 0 Å². The summed E-state index contributed by atoms with van der Waals surface area (Å²) >= 11 is 3.56. The van der Waals surface area contributed by atoms with Crippen LogP contribution >= 0.6 is 15.9 Å². The molecule has 0 aliphatic carbocycles. The van der Waals surface area contributed by atoms with Crippen LogP contribution in [-0.4, -0.2) is 44.8 Å². The smallest absolute Gasteiger partial charge is 0.309 e. The Labute approximate surface area is 133 Å². The number of methoxy groups -OCH3 is 1. The van der Waals surface area contributed by atoms with E-state index in [4.69, 9.17) is 14.2 Å². The van der Waals surface area contributed by atoms with Gasteiger partial charge in [0.1, 0.15) is 13.2 Å². The monoisotopic (exact) mass is 357 g/mol. The molecule has 1 aromatic carbocycles. The molecule has 1 heterocycles. The van der Waals surface area contributed by atoms with E-state index in [1.165, 1.54) is 7.11 Å². The number of ether oxygens (including phenoxy) is 3. The number of esters is 1. The highest BCUT2D eigenvalue weighted by Gasteiger charge is 2.18. The zero-order chi connectivity index (χ0) is 15.4. The first-order valence-electron chi connectivity index (χ1n) is 6.85. The predicted octanol–water partition coefficient (Wildman–Crippen LogP) is 2.46. The molecule has 0 radical (unpaired) electrons. The van der Waals surface area contributed by atoms with Crippen molar-refractivity contribution in [2.75, 3.05) is 33.9 Å². The molecular weight excluding hydrogens is 338 g/mol. The minimum Gasteiger partial charge on any atom is -0.486 e. The van der Waals surface area contributed by atoms with E-state index in [1.54, 1.807) is 0 Å². The highest BCUT2D eigenvalue weighted by molar-refractivity contribution is 9.10. The van der Waals surface area contributed by atoms with E-state index in [9.17, 15) is 4.79 Å². The summed E-state index contributed by atoms with van der Waals surface area (Å²) in [7, 11) is 3.39. The summed E-state index contributed by atoms with van der Waals surface area (Å²) in [6.45, 7) is 4.35. The standard InChI is InChI=1S/C15H20BrNO4/c1-10(15(18)19-3)8-17(2)9-11-6-13-14(7-12(11)16)21-5-4-20-13/h6-7,10H,4-5,8-9H2,1-3H3. The van der Waals surface area contributed by atoms with Gasteiger partial charge < -0.3 is 19.1 Å². The third kappa shape index (κ3) is 4.11. The number of fused-ring (bicyclic) bond motifs is 1. The van der Waals surface area contributed by atoms with Crippen molar-refractivity contribution < 1.29 is 19.0 Å². The molecule has 116 valence electrons. The zero-order valence-electron chi connectivity index (χ0n) is 12.5. The van der Waals surface area contributed by atoms with E-state index in [-0.39, 0.29) is 11.9 Å². The molecule has 0 saturated carbocycles. The maximum atomic E-state index is 11.5. The summed E-state index contributed by atoms with van der Waals surface area (Å²) in [5.41, 5.74) is 1.10. The van der Waals surface area contributed by atoms with Gasteiger partial charge in [0.2, 0.25) is 0 Å². The van der Waals surface area contributed by atoms with E-state index < -0.39 is 0 Å². The Morgan fingerprint density at radius 1 is 1.38 bits per heavy atom. The minimum absolute atomic E-state index is 0.156. The number of halogens is 1. The van der Waals surface area contributed by atoms with Gasteiger partial charge in [-0.3, -0.25) is 4.79 Å². The third-order valence-corrected chi connectivity index (χ3v) is 4.08. The lowest BCUT2D eigenvalue weighted by Gasteiger charge is -2.23. The third-order valence-electron chi connectivity index (χ3n) is 3.34. The molecule has 6 heteroatoms. The van der Waals surface area contributed by atoms with Crippen molar-refractivity contribution in [1.82, 2.24) is 4.90 Å². The van der Waals surface area contributed by atoms with E-state index in [1.807, 2.05) is 26.1 Å². The van der Waals surface area contributed by atoms with Gasteiger partial charge >= 0.3 is 5.97 Å². The molecule has 0 bridgehead atoms. The molecule has 0 N–H and O–H groups in total. The van der Waals surface area contributed by atoms with Gasteiger partial charge in [-0.2, -0.15) is 0 Å². The summed E-state index contributed by atoms with van der Waals surface area (Å²) < 4.78 is 16.9. The molecule has 0 spiro atoms. The van der Waals surface area contributed by atoms with E-state index in [0.717, 1.165) is 21.5 Å². The molecule has 1 aromatic rings. The minimum atomic E-state index is -0.192. The Balaban J connectivity index is 2.03. The van der Waals surface area contributed by atoms with Gasteiger partial charge in [-0.15, -0.1) is 0 Å². The summed E-state index contributed by atoms with van der Waals surface area (Å²) in [5, 5.41) is 0. The highest BCUT2D eigenvalue weighted by Crippen LogP contribution is 2.35. The quantitative estimate of drug-likeness (QED) is 0.757. The van der Waals surface area contributed by atoms with Crippen LogP contribution in [0.15, 0.2) is 16.6 Å². The van der Waals surface area contributed by atoms with Gasteiger partial charge in [0, 0.05) is 17.6 Å². The highest BCUT2D eigenvalue weighted by atomic mass is 79.9. The summed E-state index contributed by atoms with van der Waals surface area (Å²) in [6.07, 6.45) is 0. The molecule has 1 aliphatic heterocycles. The van der Waals surface area contributed by atoms with E-state index in [2.05, 4.69) is 20.8 Å².